The van der Waals surface area contributed by atoms with Gasteiger partial charge in [-0.2, -0.15) is 9.82 Å². The van der Waals surface area contributed by atoms with Crippen LogP contribution < -0.4 is 9.46 Å². The second-order valence-electron chi connectivity index (χ2n) is 7.67. The Morgan fingerprint density at radius 3 is 2.73 bits per heavy atom. The van der Waals surface area contributed by atoms with Gasteiger partial charge < -0.3 is 9.29 Å². The van der Waals surface area contributed by atoms with Crippen LogP contribution in [-0.2, 0) is 18.4 Å². The molecule has 3 aromatic rings. The molecular weight excluding hydrogens is 398 g/mol. The zero-order valence-electron chi connectivity index (χ0n) is 17.3. The fourth-order valence-corrected chi connectivity index (χ4v) is 4.94. The van der Waals surface area contributed by atoms with Crippen molar-refractivity contribution in [3.05, 3.63) is 60.3 Å². The van der Waals surface area contributed by atoms with Crippen LogP contribution in [0.3, 0.4) is 0 Å². The summed E-state index contributed by atoms with van der Waals surface area (Å²) in [5.74, 6) is 1.70. The molecule has 7 nitrogen and oxygen atoms in total. The van der Waals surface area contributed by atoms with E-state index in [2.05, 4.69) is 25.9 Å². The second kappa shape index (κ2) is 9.49. The van der Waals surface area contributed by atoms with E-state index in [0.717, 1.165) is 24.2 Å². The van der Waals surface area contributed by atoms with E-state index >= 15 is 0 Å². The standard InChI is InChI=1S/C22H27N5O2S/c1-16-14-17(30(28)26-22-11-12-23-15-24-22)8-9-20(16)29-21-7-5-3-4-6-18(21)19-10-13-25-27(19)2/h8-15,18,21H,3-7H2,1-2H3,(H,23,24,26)/t18-,21+,30?/m1/s1. The lowest BCUT2D eigenvalue weighted by atomic mass is 9.93. The minimum atomic E-state index is -1.40. The van der Waals surface area contributed by atoms with Crippen LogP contribution in [0, 0.1) is 6.92 Å². The van der Waals surface area contributed by atoms with Crippen molar-refractivity contribution in [2.45, 2.75) is 55.9 Å². The Kier molecular flexibility index (Phi) is 6.54. The van der Waals surface area contributed by atoms with Crippen LogP contribution in [0.25, 0.3) is 0 Å². The van der Waals surface area contributed by atoms with Gasteiger partial charge in [0.25, 0.3) is 0 Å². The van der Waals surface area contributed by atoms with Gasteiger partial charge in [-0.3, -0.25) is 4.68 Å². The molecule has 1 aliphatic rings. The summed E-state index contributed by atoms with van der Waals surface area (Å²) in [4.78, 5) is 8.62. The Balaban J connectivity index is 1.50. The number of rotatable bonds is 6. The molecule has 0 radical (unpaired) electrons. The van der Waals surface area contributed by atoms with Gasteiger partial charge in [0.05, 0.1) is 0 Å². The summed E-state index contributed by atoms with van der Waals surface area (Å²) < 4.78 is 24.0. The van der Waals surface area contributed by atoms with Crippen LogP contribution in [0.2, 0.25) is 0 Å². The van der Waals surface area contributed by atoms with Crippen molar-refractivity contribution >= 4 is 17.2 Å². The molecule has 30 heavy (non-hydrogen) atoms. The maximum Gasteiger partial charge on any atom is 0.180 e. The lowest BCUT2D eigenvalue weighted by molar-refractivity contribution is 0.156. The van der Waals surface area contributed by atoms with E-state index in [1.54, 1.807) is 12.3 Å². The Bertz CT molecular complexity index is 965. The van der Waals surface area contributed by atoms with Gasteiger partial charge in [0.2, 0.25) is 0 Å². The van der Waals surface area contributed by atoms with Crippen LogP contribution in [0.15, 0.2) is 53.9 Å². The number of hydrogen-bond donors (Lipinski definition) is 1. The molecule has 0 bridgehead atoms. The third-order valence-corrected chi connectivity index (χ3v) is 6.69. The molecule has 8 heteroatoms. The third kappa shape index (κ3) is 4.76. The highest BCUT2D eigenvalue weighted by Gasteiger charge is 2.29. The molecule has 2 aromatic heterocycles. The number of benzene rings is 1. The first-order chi connectivity index (χ1) is 14.6. The minimum Gasteiger partial charge on any atom is -0.588 e. The minimum absolute atomic E-state index is 0.108. The molecule has 3 atom stereocenters. The lowest BCUT2D eigenvalue weighted by Gasteiger charge is -2.27. The maximum atomic E-state index is 12.6. The molecular formula is C22H27N5O2S. The molecule has 0 amide bonds. The average molecular weight is 426 g/mol. The number of nitrogens with one attached hydrogen (secondary N) is 1. The summed E-state index contributed by atoms with van der Waals surface area (Å²) in [7, 11) is 2.00. The molecule has 1 N–H and O–H groups in total. The van der Waals surface area contributed by atoms with Crippen molar-refractivity contribution in [1.82, 2.24) is 19.7 Å². The van der Waals surface area contributed by atoms with E-state index in [-0.39, 0.29) is 6.10 Å². The van der Waals surface area contributed by atoms with Crippen LogP contribution in [0.4, 0.5) is 5.82 Å². The van der Waals surface area contributed by atoms with Crippen LogP contribution in [0.1, 0.15) is 49.3 Å². The molecule has 1 aliphatic carbocycles. The molecule has 0 spiro atoms. The maximum absolute atomic E-state index is 12.6. The van der Waals surface area contributed by atoms with E-state index in [1.807, 2.05) is 43.0 Å². The van der Waals surface area contributed by atoms with Gasteiger partial charge >= 0.3 is 0 Å². The van der Waals surface area contributed by atoms with Gasteiger partial charge in [-0.25, -0.2) is 9.97 Å². The zero-order valence-corrected chi connectivity index (χ0v) is 18.1. The topological polar surface area (TPSA) is 87.9 Å². The molecule has 1 saturated carbocycles. The fraction of sp³-hybridized carbons (Fsp3) is 0.409. The predicted octanol–water partition coefficient (Wildman–Crippen LogP) is 4.15. The van der Waals surface area contributed by atoms with Crippen molar-refractivity contribution in [2.24, 2.45) is 7.05 Å². The number of aromatic nitrogens is 4. The summed E-state index contributed by atoms with van der Waals surface area (Å²) in [6.07, 6.45) is 10.7. The highest BCUT2D eigenvalue weighted by molar-refractivity contribution is 7.92. The Morgan fingerprint density at radius 1 is 1.13 bits per heavy atom. The monoisotopic (exact) mass is 425 g/mol. The summed E-state index contributed by atoms with van der Waals surface area (Å²) in [5.41, 5.74) is 2.20. The first kappa shape index (κ1) is 20.7. The van der Waals surface area contributed by atoms with Crippen molar-refractivity contribution in [2.75, 3.05) is 4.72 Å². The van der Waals surface area contributed by atoms with E-state index < -0.39 is 11.4 Å². The summed E-state index contributed by atoms with van der Waals surface area (Å²) in [6.45, 7) is 2.00. The molecule has 2 heterocycles. The lowest BCUT2D eigenvalue weighted by Crippen LogP contribution is -2.26. The SMILES string of the molecule is Cc1cc([S+]([O-])Nc2ccncn2)ccc1O[C@H]1CCCCC[C@@H]1c1ccnn1C. The van der Waals surface area contributed by atoms with Crippen LogP contribution in [0.5, 0.6) is 5.75 Å². The highest BCUT2D eigenvalue weighted by atomic mass is 32.2. The number of hydrogen-bond acceptors (Lipinski definition) is 6. The Labute approximate surface area is 180 Å². The van der Waals surface area contributed by atoms with E-state index in [1.165, 1.54) is 31.3 Å². The predicted molar refractivity (Wildman–Crippen MR) is 117 cm³/mol. The van der Waals surface area contributed by atoms with Crippen LogP contribution in [-0.4, -0.2) is 30.4 Å². The summed E-state index contributed by atoms with van der Waals surface area (Å²) >= 11 is -1.40. The molecule has 0 saturated heterocycles. The van der Waals surface area contributed by atoms with E-state index in [4.69, 9.17) is 4.74 Å². The Hall–Kier alpha value is -2.58. The molecule has 1 unspecified atom stereocenters. The summed E-state index contributed by atoms with van der Waals surface area (Å²) in [6, 6.07) is 9.48. The quantitative estimate of drug-likeness (QED) is 0.471. The fourth-order valence-electron chi connectivity index (χ4n) is 4.04. The first-order valence-electron chi connectivity index (χ1n) is 10.3. The van der Waals surface area contributed by atoms with Gasteiger partial charge in [0.15, 0.2) is 10.7 Å². The van der Waals surface area contributed by atoms with Crippen molar-refractivity contribution in [3.63, 3.8) is 0 Å². The normalized spacial score (nSPS) is 20.4. The zero-order chi connectivity index (χ0) is 20.9. The van der Waals surface area contributed by atoms with Gasteiger partial charge in [-0.15, -0.1) is 0 Å². The summed E-state index contributed by atoms with van der Waals surface area (Å²) in [5, 5.41) is 4.36. The van der Waals surface area contributed by atoms with Gasteiger partial charge in [-0.05, 0) is 49.9 Å². The number of nitrogens with zero attached hydrogens (tertiary/aromatic N) is 4. The number of aryl methyl sites for hydroxylation is 2. The first-order valence-corrected chi connectivity index (χ1v) is 11.5. The van der Waals surface area contributed by atoms with Gasteiger partial charge in [-0.1, -0.05) is 12.8 Å². The molecule has 158 valence electrons. The van der Waals surface area contributed by atoms with Crippen molar-refractivity contribution in [3.8, 4) is 5.75 Å². The molecule has 1 aromatic carbocycles. The largest absolute Gasteiger partial charge is 0.588 e. The highest BCUT2D eigenvalue weighted by Crippen LogP contribution is 2.35. The number of anilines is 1. The Morgan fingerprint density at radius 2 is 2.00 bits per heavy atom. The van der Waals surface area contributed by atoms with Gasteiger partial charge in [0.1, 0.15) is 29.5 Å². The molecule has 4 rings (SSSR count). The van der Waals surface area contributed by atoms with E-state index in [9.17, 15) is 4.55 Å². The van der Waals surface area contributed by atoms with Crippen LogP contribution >= 0.6 is 0 Å². The molecule has 0 aliphatic heterocycles. The van der Waals surface area contributed by atoms with Crippen molar-refractivity contribution < 1.29 is 9.29 Å². The average Bonchev–Trinajstić information content (AvgIpc) is 3.04. The smallest absolute Gasteiger partial charge is 0.180 e. The van der Waals surface area contributed by atoms with Crippen molar-refractivity contribution in [1.29, 1.82) is 0 Å². The van der Waals surface area contributed by atoms with Gasteiger partial charge in [0, 0.05) is 43.2 Å². The number of ether oxygens (including phenoxy) is 1. The molecule has 1 fully saturated rings. The van der Waals surface area contributed by atoms with E-state index in [0.29, 0.717) is 16.6 Å². The third-order valence-electron chi connectivity index (χ3n) is 5.61. The second-order valence-corrected chi connectivity index (χ2v) is 8.89.